The Balaban J connectivity index is 3.19. The molecule has 0 saturated heterocycles. The maximum atomic E-state index is 4.81. The predicted octanol–water partition coefficient (Wildman–Crippen LogP) is 0.792. The summed E-state index contributed by atoms with van der Waals surface area (Å²) >= 11 is 0. The van der Waals surface area contributed by atoms with E-state index in [1.165, 1.54) is 0 Å². The minimum absolute atomic E-state index is 0.836. The molecule has 0 aromatic carbocycles. The number of rotatable bonds is 0. The van der Waals surface area contributed by atoms with Crippen molar-refractivity contribution in [2.75, 3.05) is 0 Å². The van der Waals surface area contributed by atoms with E-state index in [0.717, 1.165) is 16.8 Å². The number of nitrogens with zero attached hydrogens (tertiary/aromatic N) is 1. The molecule has 2 nitrogen and oxygen atoms in total. The molecule has 0 N–H and O–H groups in total. The van der Waals surface area contributed by atoms with Crippen molar-refractivity contribution in [2.24, 2.45) is 0 Å². The Kier molecular flexibility index (Phi) is 1.35. The van der Waals surface area contributed by atoms with Crippen LogP contribution in [0.3, 0.4) is 0 Å². The van der Waals surface area contributed by atoms with Gasteiger partial charge in [0.2, 0.25) is 0 Å². The SMILES string of the molecule is Cc1noc(P)c1C. The highest BCUT2D eigenvalue weighted by Gasteiger charge is 2.00. The quantitative estimate of drug-likeness (QED) is 0.484. The van der Waals surface area contributed by atoms with Crippen molar-refractivity contribution in [3.05, 3.63) is 11.3 Å². The lowest BCUT2D eigenvalue weighted by atomic mass is 10.3. The third-order valence-electron chi connectivity index (χ3n) is 1.19. The molecule has 1 unspecified atom stereocenters. The standard InChI is InChI=1S/C5H8NOP/c1-3-4(2)6-7-5(3)8/h8H2,1-2H3. The van der Waals surface area contributed by atoms with Gasteiger partial charge < -0.3 is 4.52 Å². The topological polar surface area (TPSA) is 26.0 Å². The molecular formula is C5H8NOP. The van der Waals surface area contributed by atoms with Gasteiger partial charge in [-0.05, 0) is 13.8 Å². The second kappa shape index (κ2) is 1.87. The van der Waals surface area contributed by atoms with Crippen LogP contribution in [0, 0.1) is 13.8 Å². The fourth-order valence-electron chi connectivity index (χ4n) is 0.433. The second-order valence-electron chi connectivity index (χ2n) is 1.76. The van der Waals surface area contributed by atoms with Crippen LogP contribution in [0.1, 0.15) is 11.3 Å². The zero-order valence-electron chi connectivity index (χ0n) is 4.93. The fraction of sp³-hybridized carbons (Fsp3) is 0.400. The van der Waals surface area contributed by atoms with Gasteiger partial charge in [0.25, 0.3) is 0 Å². The minimum Gasteiger partial charge on any atom is -0.357 e. The number of aromatic nitrogens is 1. The summed E-state index contributed by atoms with van der Waals surface area (Å²) in [6.45, 7) is 3.90. The zero-order chi connectivity index (χ0) is 6.15. The van der Waals surface area contributed by atoms with Gasteiger partial charge in [-0.1, -0.05) is 14.4 Å². The summed E-state index contributed by atoms with van der Waals surface area (Å²) in [6, 6.07) is 0. The molecule has 3 heteroatoms. The molecule has 0 aliphatic carbocycles. The molecule has 8 heavy (non-hydrogen) atoms. The summed E-state index contributed by atoms with van der Waals surface area (Å²) in [5.41, 5.74) is 2.92. The number of hydrogen-bond donors (Lipinski definition) is 0. The first-order valence-electron chi connectivity index (χ1n) is 2.40. The van der Waals surface area contributed by atoms with Crippen molar-refractivity contribution in [1.82, 2.24) is 5.16 Å². The molecule has 0 radical (unpaired) electrons. The van der Waals surface area contributed by atoms with Crippen LogP contribution in [0.5, 0.6) is 0 Å². The van der Waals surface area contributed by atoms with E-state index >= 15 is 0 Å². The smallest absolute Gasteiger partial charge is 0.155 e. The summed E-state index contributed by atoms with van der Waals surface area (Å²) in [5, 5.41) is 3.72. The van der Waals surface area contributed by atoms with Crippen LogP contribution in [0.15, 0.2) is 4.52 Å². The molecule has 0 amide bonds. The van der Waals surface area contributed by atoms with Gasteiger partial charge in [-0.2, -0.15) is 0 Å². The molecule has 1 rings (SSSR count). The molecule has 1 atom stereocenters. The van der Waals surface area contributed by atoms with Crippen molar-refractivity contribution < 1.29 is 4.52 Å². The van der Waals surface area contributed by atoms with E-state index in [1.807, 2.05) is 13.8 Å². The average molecular weight is 129 g/mol. The van der Waals surface area contributed by atoms with Gasteiger partial charge in [-0.3, -0.25) is 0 Å². The first kappa shape index (κ1) is 5.77. The van der Waals surface area contributed by atoms with Crippen LogP contribution in [0.25, 0.3) is 0 Å². The molecule has 44 valence electrons. The van der Waals surface area contributed by atoms with Gasteiger partial charge >= 0.3 is 0 Å². The summed E-state index contributed by atoms with van der Waals surface area (Å²) in [6.07, 6.45) is 0. The summed E-state index contributed by atoms with van der Waals surface area (Å²) in [5.74, 6) is 0. The van der Waals surface area contributed by atoms with Crippen LogP contribution >= 0.6 is 9.24 Å². The highest BCUT2D eigenvalue weighted by molar-refractivity contribution is 7.26. The Hall–Kier alpha value is -0.360. The highest BCUT2D eigenvalue weighted by Crippen LogP contribution is 2.02. The Morgan fingerprint density at radius 2 is 2.12 bits per heavy atom. The van der Waals surface area contributed by atoms with Gasteiger partial charge in [0, 0.05) is 5.56 Å². The normalized spacial score (nSPS) is 9.88. The maximum absolute atomic E-state index is 4.81. The van der Waals surface area contributed by atoms with Crippen LogP contribution in [0.4, 0.5) is 0 Å². The van der Waals surface area contributed by atoms with Gasteiger partial charge in [0.15, 0.2) is 5.50 Å². The lowest BCUT2D eigenvalue weighted by Crippen LogP contribution is -1.87. The van der Waals surface area contributed by atoms with Crippen molar-refractivity contribution in [3.8, 4) is 0 Å². The largest absolute Gasteiger partial charge is 0.357 e. The monoisotopic (exact) mass is 129 g/mol. The van der Waals surface area contributed by atoms with E-state index < -0.39 is 0 Å². The zero-order valence-corrected chi connectivity index (χ0v) is 6.09. The number of aryl methyl sites for hydroxylation is 1. The predicted molar refractivity (Wildman–Crippen MR) is 35.3 cm³/mol. The Labute approximate surface area is 50.5 Å². The second-order valence-corrected chi connectivity index (χ2v) is 2.28. The Bertz CT molecular complexity index is 175. The molecule has 1 heterocycles. The third kappa shape index (κ3) is 0.760. The van der Waals surface area contributed by atoms with E-state index in [4.69, 9.17) is 4.52 Å². The van der Waals surface area contributed by atoms with Crippen LogP contribution < -0.4 is 5.50 Å². The number of hydrogen-bond acceptors (Lipinski definition) is 2. The van der Waals surface area contributed by atoms with Crippen molar-refractivity contribution in [3.63, 3.8) is 0 Å². The highest BCUT2D eigenvalue weighted by atomic mass is 31.0. The van der Waals surface area contributed by atoms with Crippen molar-refractivity contribution >= 4 is 14.7 Å². The Morgan fingerprint density at radius 3 is 2.25 bits per heavy atom. The first-order chi connectivity index (χ1) is 3.72. The molecular weight excluding hydrogens is 121 g/mol. The average Bonchev–Trinajstić information content (AvgIpc) is 1.98. The van der Waals surface area contributed by atoms with Gasteiger partial charge in [0.05, 0.1) is 5.69 Å². The minimum atomic E-state index is 0.836. The maximum Gasteiger partial charge on any atom is 0.155 e. The Morgan fingerprint density at radius 1 is 1.50 bits per heavy atom. The van der Waals surface area contributed by atoms with E-state index in [-0.39, 0.29) is 0 Å². The summed E-state index contributed by atoms with van der Waals surface area (Å²) in [7, 11) is 2.48. The van der Waals surface area contributed by atoms with Crippen LogP contribution in [0.2, 0.25) is 0 Å². The van der Waals surface area contributed by atoms with Crippen LogP contribution in [-0.2, 0) is 0 Å². The van der Waals surface area contributed by atoms with Crippen molar-refractivity contribution in [2.45, 2.75) is 13.8 Å². The third-order valence-corrected chi connectivity index (χ3v) is 1.73. The van der Waals surface area contributed by atoms with Crippen LogP contribution in [-0.4, -0.2) is 5.16 Å². The van der Waals surface area contributed by atoms with E-state index in [2.05, 4.69) is 14.4 Å². The van der Waals surface area contributed by atoms with Crippen molar-refractivity contribution in [1.29, 1.82) is 0 Å². The molecule has 0 spiro atoms. The summed E-state index contributed by atoms with van der Waals surface area (Å²) < 4.78 is 4.81. The molecule has 0 aliphatic rings. The van der Waals surface area contributed by atoms with Gasteiger partial charge in [0.1, 0.15) is 0 Å². The molecule has 1 aromatic rings. The molecule has 1 aromatic heterocycles. The van der Waals surface area contributed by atoms with E-state index in [1.54, 1.807) is 0 Å². The molecule has 0 saturated carbocycles. The summed E-state index contributed by atoms with van der Waals surface area (Å²) in [4.78, 5) is 0. The molecule has 0 aliphatic heterocycles. The molecule has 0 bridgehead atoms. The van der Waals surface area contributed by atoms with Gasteiger partial charge in [-0.15, -0.1) is 0 Å². The first-order valence-corrected chi connectivity index (χ1v) is 2.98. The lowest BCUT2D eigenvalue weighted by Gasteiger charge is -1.80. The fourth-order valence-corrected chi connectivity index (χ4v) is 0.694. The van der Waals surface area contributed by atoms with E-state index in [9.17, 15) is 0 Å². The molecule has 0 fully saturated rings. The lowest BCUT2D eigenvalue weighted by molar-refractivity contribution is 0.442. The van der Waals surface area contributed by atoms with E-state index in [0.29, 0.717) is 0 Å². The van der Waals surface area contributed by atoms with Gasteiger partial charge in [-0.25, -0.2) is 0 Å².